The van der Waals surface area contributed by atoms with Gasteiger partial charge in [0.15, 0.2) is 11.5 Å². The lowest BCUT2D eigenvalue weighted by molar-refractivity contribution is -0.137. The van der Waals surface area contributed by atoms with Crippen LogP contribution in [0.3, 0.4) is 0 Å². The molecule has 0 unspecified atom stereocenters. The first-order valence-corrected chi connectivity index (χ1v) is 4.63. The highest BCUT2D eigenvalue weighted by Gasteiger charge is 2.08. The monoisotopic (exact) mass is 226 g/mol. The van der Waals surface area contributed by atoms with Crippen molar-refractivity contribution in [2.45, 2.75) is 12.8 Å². The fraction of sp³-hybridized carbons (Fsp3) is 0.250. The quantitative estimate of drug-likeness (QED) is 0.837. The van der Waals surface area contributed by atoms with Crippen LogP contribution < -0.4 is 0 Å². The van der Waals surface area contributed by atoms with Crippen molar-refractivity contribution in [3.63, 3.8) is 0 Å². The first-order chi connectivity index (χ1) is 7.16. The molecule has 2 heterocycles. The zero-order valence-electron chi connectivity index (χ0n) is 7.59. The van der Waals surface area contributed by atoms with Gasteiger partial charge in [0.2, 0.25) is 0 Å². The first-order valence-electron chi connectivity index (χ1n) is 4.25. The number of carbonyl (C=O) groups is 1. The average Bonchev–Trinajstić information content (AvgIpc) is 2.57. The minimum atomic E-state index is -0.881. The Morgan fingerprint density at radius 1 is 1.47 bits per heavy atom. The van der Waals surface area contributed by atoms with E-state index in [9.17, 15) is 4.79 Å². The minimum Gasteiger partial charge on any atom is -0.481 e. The van der Waals surface area contributed by atoms with Gasteiger partial charge in [0.05, 0.1) is 6.42 Å². The van der Waals surface area contributed by atoms with E-state index in [1.807, 2.05) is 0 Å². The van der Waals surface area contributed by atoms with Gasteiger partial charge < -0.3 is 5.11 Å². The van der Waals surface area contributed by atoms with Crippen LogP contribution in [0.25, 0.3) is 5.65 Å². The van der Waals surface area contributed by atoms with Gasteiger partial charge in [0, 0.05) is 6.42 Å². The summed E-state index contributed by atoms with van der Waals surface area (Å²) in [4.78, 5) is 10.4. The number of fused-ring (bicyclic) bond motifs is 1. The van der Waals surface area contributed by atoms with Gasteiger partial charge in [-0.15, -0.1) is 10.2 Å². The molecule has 0 radical (unpaired) electrons. The van der Waals surface area contributed by atoms with Crippen molar-refractivity contribution in [2.75, 3.05) is 0 Å². The summed E-state index contributed by atoms with van der Waals surface area (Å²) < 4.78 is 1.45. The number of aryl methyl sites for hydroxylation is 1. The van der Waals surface area contributed by atoms with E-state index in [2.05, 4.69) is 15.3 Å². The van der Waals surface area contributed by atoms with Gasteiger partial charge in [-0.05, 0) is 12.1 Å². The molecule has 0 fully saturated rings. The van der Waals surface area contributed by atoms with Crippen molar-refractivity contribution in [2.24, 2.45) is 0 Å². The van der Waals surface area contributed by atoms with Gasteiger partial charge in [-0.25, -0.2) is 0 Å². The van der Waals surface area contributed by atoms with Crippen molar-refractivity contribution in [1.29, 1.82) is 0 Å². The summed E-state index contributed by atoms with van der Waals surface area (Å²) in [5.74, 6) is -0.385. The molecule has 15 heavy (non-hydrogen) atoms. The molecule has 0 aromatic carbocycles. The molecule has 6 nitrogen and oxygen atoms in total. The van der Waals surface area contributed by atoms with Gasteiger partial charge in [-0.1, -0.05) is 11.6 Å². The second-order valence-electron chi connectivity index (χ2n) is 2.94. The van der Waals surface area contributed by atoms with Gasteiger partial charge in [0.1, 0.15) is 5.15 Å². The predicted octanol–water partition coefficient (Wildman–Crippen LogP) is 0.795. The van der Waals surface area contributed by atoms with Crippen molar-refractivity contribution < 1.29 is 9.90 Å². The molecular formula is C8H7ClN4O2. The van der Waals surface area contributed by atoms with E-state index >= 15 is 0 Å². The Morgan fingerprint density at radius 2 is 2.27 bits per heavy atom. The standard InChI is InChI=1S/C8H7ClN4O2/c9-5-1-2-6-10-11-7(13(6)12-5)3-4-8(14)15/h1-2H,3-4H2,(H,14,15). The Hall–Kier alpha value is -1.69. The highest BCUT2D eigenvalue weighted by atomic mass is 35.5. The van der Waals surface area contributed by atoms with Crippen molar-refractivity contribution >= 4 is 23.2 Å². The van der Waals surface area contributed by atoms with Crippen LogP contribution in [-0.2, 0) is 11.2 Å². The number of nitrogens with zero attached hydrogens (tertiary/aromatic N) is 4. The molecule has 0 saturated heterocycles. The summed E-state index contributed by atoms with van der Waals surface area (Å²) in [6, 6.07) is 3.28. The molecular weight excluding hydrogens is 220 g/mol. The van der Waals surface area contributed by atoms with E-state index in [4.69, 9.17) is 16.7 Å². The van der Waals surface area contributed by atoms with E-state index < -0.39 is 5.97 Å². The number of aromatic nitrogens is 4. The molecule has 2 rings (SSSR count). The number of hydrogen-bond acceptors (Lipinski definition) is 4. The maximum Gasteiger partial charge on any atom is 0.303 e. The Kier molecular flexibility index (Phi) is 2.51. The highest BCUT2D eigenvalue weighted by Crippen LogP contribution is 2.08. The number of rotatable bonds is 3. The Bertz CT molecular complexity index is 510. The molecule has 2 aromatic rings. The third-order valence-electron chi connectivity index (χ3n) is 1.86. The van der Waals surface area contributed by atoms with Gasteiger partial charge in [-0.3, -0.25) is 4.79 Å². The van der Waals surface area contributed by atoms with E-state index in [0.717, 1.165) is 0 Å². The summed E-state index contributed by atoms with van der Waals surface area (Å²) >= 11 is 5.71. The molecule has 0 aliphatic rings. The molecule has 0 aliphatic heterocycles. The Balaban J connectivity index is 2.35. The lowest BCUT2D eigenvalue weighted by Gasteiger charge is -1.96. The van der Waals surface area contributed by atoms with Crippen LogP contribution in [0.1, 0.15) is 12.2 Å². The van der Waals surface area contributed by atoms with E-state index in [1.165, 1.54) is 4.52 Å². The summed E-state index contributed by atoms with van der Waals surface area (Å²) in [5.41, 5.74) is 0.555. The maximum atomic E-state index is 10.4. The molecule has 0 aliphatic carbocycles. The predicted molar refractivity (Wildman–Crippen MR) is 51.7 cm³/mol. The maximum absolute atomic E-state index is 10.4. The third kappa shape index (κ3) is 2.04. The fourth-order valence-electron chi connectivity index (χ4n) is 1.19. The molecule has 0 saturated carbocycles. The lowest BCUT2D eigenvalue weighted by atomic mass is 10.3. The second kappa shape index (κ2) is 3.82. The zero-order chi connectivity index (χ0) is 10.8. The molecule has 0 spiro atoms. The Labute approximate surface area is 89.5 Å². The van der Waals surface area contributed by atoms with Crippen LogP contribution in [-0.4, -0.2) is 30.9 Å². The molecule has 0 amide bonds. The average molecular weight is 227 g/mol. The Morgan fingerprint density at radius 3 is 3.00 bits per heavy atom. The zero-order valence-corrected chi connectivity index (χ0v) is 8.35. The molecule has 1 N–H and O–H groups in total. The number of hydrogen-bond donors (Lipinski definition) is 1. The lowest BCUT2D eigenvalue weighted by Crippen LogP contribution is -2.03. The van der Waals surface area contributed by atoms with Crippen LogP contribution in [0.2, 0.25) is 5.15 Å². The summed E-state index contributed by atoms with van der Waals surface area (Å²) in [6.45, 7) is 0. The van der Waals surface area contributed by atoms with Crippen molar-refractivity contribution in [1.82, 2.24) is 19.8 Å². The van der Waals surface area contributed by atoms with E-state index in [0.29, 0.717) is 16.6 Å². The number of carboxylic acid groups (broad SMARTS) is 1. The summed E-state index contributed by atoms with van der Waals surface area (Å²) in [5, 5.41) is 20.5. The molecule has 2 aromatic heterocycles. The first kappa shape index (κ1) is 9.85. The minimum absolute atomic E-state index is 0.00497. The van der Waals surface area contributed by atoms with Crippen LogP contribution in [0, 0.1) is 0 Å². The molecule has 7 heteroatoms. The molecule has 78 valence electrons. The smallest absolute Gasteiger partial charge is 0.303 e. The van der Waals surface area contributed by atoms with Crippen LogP contribution >= 0.6 is 11.6 Å². The van der Waals surface area contributed by atoms with Crippen LogP contribution in [0.4, 0.5) is 0 Å². The SMILES string of the molecule is O=C(O)CCc1nnc2ccc(Cl)nn12. The number of halogens is 1. The fourth-order valence-corrected chi connectivity index (χ4v) is 1.32. The third-order valence-corrected chi connectivity index (χ3v) is 2.06. The van der Waals surface area contributed by atoms with Crippen molar-refractivity contribution in [3.05, 3.63) is 23.1 Å². The van der Waals surface area contributed by atoms with Gasteiger partial charge >= 0.3 is 5.97 Å². The topological polar surface area (TPSA) is 80.4 Å². The highest BCUT2D eigenvalue weighted by molar-refractivity contribution is 6.29. The second-order valence-corrected chi connectivity index (χ2v) is 3.32. The number of aliphatic carboxylic acids is 1. The van der Waals surface area contributed by atoms with Gasteiger partial charge in [0.25, 0.3) is 0 Å². The van der Waals surface area contributed by atoms with Crippen LogP contribution in [0.5, 0.6) is 0 Å². The van der Waals surface area contributed by atoms with E-state index in [1.54, 1.807) is 12.1 Å². The van der Waals surface area contributed by atoms with Gasteiger partial charge in [-0.2, -0.15) is 9.61 Å². The normalized spacial score (nSPS) is 10.7. The summed E-state index contributed by atoms with van der Waals surface area (Å²) in [6.07, 6.45) is 0.277. The molecule has 0 bridgehead atoms. The largest absolute Gasteiger partial charge is 0.481 e. The number of carboxylic acids is 1. The van der Waals surface area contributed by atoms with Crippen molar-refractivity contribution in [3.8, 4) is 0 Å². The van der Waals surface area contributed by atoms with Crippen LogP contribution in [0.15, 0.2) is 12.1 Å². The van der Waals surface area contributed by atoms with E-state index in [-0.39, 0.29) is 12.8 Å². The molecule has 0 atom stereocenters. The summed E-state index contributed by atoms with van der Waals surface area (Å²) in [7, 11) is 0.